The third-order valence-corrected chi connectivity index (χ3v) is 5.90. The minimum atomic E-state index is -0.681. The van der Waals surface area contributed by atoms with Crippen molar-refractivity contribution in [3.05, 3.63) is 69.0 Å². The number of aryl methyl sites for hydroxylation is 1. The molecule has 0 aliphatic heterocycles. The second-order valence-electron chi connectivity index (χ2n) is 8.33. The van der Waals surface area contributed by atoms with Gasteiger partial charge < -0.3 is 19.4 Å². The first-order valence-corrected chi connectivity index (χ1v) is 11.4. The Labute approximate surface area is 199 Å². The Kier molecular flexibility index (Phi) is 8.23. The van der Waals surface area contributed by atoms with E-state index in [-0.39, 0.29) is 25.0 Å². The van der Waals surface area contributed by atoms with Gasteiger partial charge in [0.1, 0.15) is 18.1 Å². The molecule has 2 unspecified atom stereocenters. The van der Waals surface area contributed by atoms with E-state index in [0.717, 1.165) is 22.6 Å². The Morgan fingerprint density at radius 2 is 1.84 bits per heavy atom. The van der Waals surface area contributed by atoms with Gasteiger partial charge in [-0.05, 0) is 60.7 Å². The van der Waals surface area contributed by atoms with Crippen molar-refractivity contribution in [2.24, 2.45) is 5.92 Å². The SMILES string of the molecule is Cc1cc(C(O)C(C)Cc2nc(-c3ccc(Cl)cc3Cl)oc2C(C)C)ccc1OCCO. The van der Waals surface area contributed by atoms with Crippen LogP contribution in [0.2, 0.25) is 10.0 Å². The van der Waals surface area contributed by atoms with Gasteiger partial charge in [0.2, 0.25) is 5.89 Å². The Morgan fingerprint density at radius 1 is 1.09 bits per heavy atom. The van der Waals surface area contributed by atoms with Crippen LogP contribution in [0.15, 0.2) is 40.8 Å². The summed E-state index contributed by atoms with van der Waals surface area (Å²) in [5.74, 6) is 1.97. The number of ether oxygens (including phenoxy) is 1. The molecule has 0 spiro atoms. The Bertz CT molecular complexity index is 1060. The quantitative estimate of drug-likeness (QED) is 0.374. The third kappa shape index (κ3) is 5.65. The minimum Gasteiger partial charge on any atom is -0.491 e. The van der Waals surface area contributed by atoms with E-state index in [1.165, 1.54) is 0 Å². The molecule has 172 valence electrons. The van der Waals surface area contributed by atoms with Gasteiger partial charge >= 0.3 is 0 Å². The van der Waals surface area contributed by atoms with E-state index >= 15 is 0 Å². The number of rotatable bonds is 9. The number of oxazole rings is 1. The van der Waals surface area contributed by atoms with E-state index in [9.17, 15) is 5.11 Å². The van der Waals surface area contributed by atoms with Gasteiger partial charge in [-0.1, -0.05) is 50.0 Å². The number of aliphatic hydroxyl groups excluding tert-OH is 2. The largest absolute Gasteiger partial charge is 0.491 e. The van der Waals surface area contributed by atoms with Crippen LogP contribution in [0.4, 0.5) is 0 Å². The molecule has 7 heteroatoms. The zero-order valence-electron chi connectivity index (χ0n) is 18.7. The van der Waals surface area contributed by atoms with Crippen LogP contribution in [0.1, 0.15) is 55.4 Å². The molecule has 0 aliphatic rings. The summed E-state index contributed by atoms with van der Waals surface area (Å²) in [5.41, 5.74) is 3.21. The van der Waals surface area contributed by atoms with Crippen molar-refractivity contribution in [2.45, 2.75) is 46.1 Å². The fraction of sp³-hybridized carbons (Fsp3) is 0.400. The summed E-state index contributed by atoms with van der Waals surface area (Å²) in [6.45, 7) is 8.21. The van der Waals surface area contributed by atoms with Crippen molar-refractivity contribution in [3.8, 4) is 17.2 Å². The van der Waals surface area contributed by atoms with Gasteiger partial charge in [-0.2, -0.15) is 0 Å². The van der Waals surface area contributed by atoms with E-state index in [4.69, 9.17) is 42.4 Å². The van der Waals surface area contributed by atoms with Crippen molar-refractivity contribution in [2.75, 3.05) is 13.2 Å². The van der Waals surface area contributed by atoms with E-state index in [1.54, 1.807) is 18.2 Å². The van der Waals surface area contributed by atoms with Crippen LogP contribution in [-0.4, -0.2) is 28.4 Å². The molecule has 32 heavy (non-hydrogen) atoms. The molecule has 0 saturated carbocycles. The summed E-state index contributed by atoms with van der Waals surface area (Å²) in [6, 6.07) is 10.8. The second kappa shape index (κ2) is 10.7. The Morgan fingerprint density at radius 3 is 2.47 bits per heavy atom. The summed E-state index contributed by atoms with van der Waals surface area (Å²) in [4.78, 5) is 4.72. The van der Waals surface area contributed by atoms with Crippen molar-refractivity contribution in [3.63, 3.8) is 0 Å². The van der Waals surface area contributed by atoms with Crippen LogP contribution < -0.4 is 4.74 Å². The van der Waals surface area contributed by atoms with Gasteiger partial charge in [0, 0.05) is 10.9 Å². The number of hydrogen-bond acceptors (Lipinski definition) is 5. The van der Waals surface area contributed by atoms with E-state index in [1.807, 2.05) is 45.9 Å². The highest BCUT2D eigenvalue weighted by Crippen LogP contribution is 2.35. The molecule has 0 amide bonds. The fourth-order valence-corrected chi connectivity index (χ4v) is 4.15. The number of aliphatic hydroxyl groups is 2. The summed E-state index contributed by atoms with van der Waals surface area (Å²) in [5, 5.41) is 21.0. The van der Waals surface area contributed by atoms with Crippen LogP contribution >= 0.6 is 23.2 Å². The predicted octanol–water partition coefficient (Wildman–Crippen LogP) is 6.36. The average molecular weight is 478 g/mol. The van der Waals surface area contributed by atoms with Crippen LogP contribution in [0.25, 0.3) is 11.5 Å². The lowest BCUT2D eigenvalue weighted by molar-refractivity contribution is 0.116. The standard InChI is InChI=1S/C25H29Cl2NO4/c1-14(2)24-21(28-25(32-24)19-7-6-18(26)13-20(19)27)12-16(4)23(30)17-5-8-22(15(3)11-17)31-10-9-29/h5-8,11,13-14,16,23,29-30H,9-10,12H2,1-4H3. The van der Waals surface area contributed by atoms with Crippen LogP contribution in [0.5, 0.6) is 5.75 Å². The van der Waals surface area contributed by atoms with Gasteiger partial charge in [0.25, 0.3) is 0 Å². The fourth-order valence-electron chi connectivity index (χ4n) is 3.66. The third-order valence-electron chi connectivity index (χ3n) is 5.36. The molecule has 3 aromatic rings. The predicted molar refractivity (Wildman–Crippen MR) is 128 cm³/mol. The van der Waals surface area contributed by atoms with Crippen molar-refractivity contribution in [1.29, 1.82) is 0 Å². The minimum absolute atomic E-state index is 0.0417. The summed E-state index contributed by atoms with van der Waals surface area (Å²) >= 11 is 12.4. The zero-order chi connectivity index (χ0) is 23.4. The highest BCUT2D eigenvalue weighted by Gasteiger charge is 2.24. The maximum atomic E-state index is 11.0. The van der Waals surface area contributed by atoms with Crippen LogP contribution in [0.3, 0.4) is 0 Å². The molecular weight excluding hydrogens is 449 g/mol. The Hall–Kier alpha value is -2.05. The molecule has 0 radical (unpaired) electrons. The van der Waals surface area contributed by atoms with Gasteiger partial charge in [0.05, 0.1) is 29.0 Å². The van der Waals surface area contributed by atoms with Gasteiger partial charge in [0.15, 0.2) is 0 Å². The molecule has 0 bridgehead atoms. The number of hydrogen-bond donors (Lipinski definition) is 2. The smallest absolute Gasteiger partial charge is 0.228 e. The van der Waals surface area contributed by atoms with E-state index in [0.29, 0.717) is 33.7 Å². The molecule has 0 saturated heterocycles. The van der Waals surface area contributed by atoms with Crippen molar-refractivity contribution in [1.82, 2.24) is 4.98 Å². The molecule has 2 aromatic carbocycles. The first-order valence-electron chi connectivity index (χ1n) is 10.7. The number of benzene rings is 2. The topological polar surface area (TPSA) is 75.7 Å². The van der Waals surface area contributed by atoms with Gasteiger partial charge in [-0.3, -0.25) is 0 Å². The van der Waals surface area contributed by atoms with Crippen LogP contribution in [0, 0.1) is 12.8 Å². The lowest BCUT2D eigenvalue weighted by Gasteiger charge is -2.20. The first-order chi connectivity index (χ1) is 15.2. The zero-order valence-corrected chi connectivity index (χ0v) is 20.2. The molecule has 0 fully saturated rings. The highest BCUT2D eigenvalue weighted by atomic mass is 35.5. The molecule has 2 N–H and O–H groups in total. The lowest BCUT2D eigenvalue weighted by Crippen LogP contribution is -2.14. The summed E-state index contributed by atoms with van der Waals surface area (Å²) in [6.07, 6.45) is -0.134. The molecule has 0 aliphatic carbocycles. The molecular formula is C25H29Cl2NO4. The van der Waals surface area contributed by atoms with Gasteiger partial charge in [-0.15, -0.1) is 0 Å². The summed E-state index contributed by atoms with van der Waals surface area (Å²) < 4.78 is 11.6. The van der Waals surface area contributed by atoms with E-state index < -0.39 is 6.10 Å². The van der Waals surface area contributed by atoms with Gasteiger partial charge in [-0.25, -0.2) is 4.98 Å². The number of aromatic nitrogens is 1. The molecule has 3 rings (SSSR count). The summed E-state index contributed by atoms with van der Waals surface area (Å²) in [7, 11) is 0. The van der Waals surface area contributed by atoms with Crippen LogP contribution in [-0.2, 0) is 6.42 Å². The maximum absolute atomic E-state index is 11.0. The Balaban J connectivity index is 1.82. The number of halogens is 2. The molecule has 1 heterocycles. The average Bonchev–Trinajstić information content (AvgIpc) is 3.16. The monoisotopic (exact) mass is 477 g/mol. The molecule has 1 aromatic heterocycles. The molecule has 2 atom stereocenters. The van der Waals surface area contributed by atoms with E-state index in [2.05, 4.69) is 0 Å². The number of nitrogens with zero attached hydrogens (tertiary/aromatic N) is 1. The molecule has 5 nitrogen and oxygen atoms in total. The van der Waals surface area contributed by atoms with Crippen molar-refractivity contribution < 1.29 is 19.4 Å². The second-order valence-corrected chi connectivity index (χ2v) is 9.18. The lowest BCUT2D eigenvalue weighted by atomic mass is 9.91. The van der Waals surface area contributed by atoms with Crippen molar-refractivity contribution >= 4 is 23.2 Å². The first kappa shape index (κ1) is 24.6. The maximum Gasteiger partial charge on any atom is 0.228 e. The normalized spacial score (nSPS) is 13.4. The highest BCUT2D eigenvalue weighted by molar-refractivity contribution is 6.36.